The van der Waals surface area contributed by atoms with Gasteiger partial charge in [0.1, 0.15) is 0 Å². The highest BCUT2D eigenvalue weighted by molar-refractivity contribution is 9.10. The Hall–Kier alpha value is -1.35. The van der Waals surface area contributed by atoms with E-state index in [-0.39, 0.29) is 16.7 Å². The lowest BCUT2D eigenvalue weighted by atomic mass is 10.2. The fourth-order valence-corrected chi connectivity index (χ4v) is 2.48. The molecule has 0 aliphatic carbocycles. The Bertz CT molecular complexity index is 664. The van der Waals surface area contributed by atoms with Crippen molar-refractivity contribution in [1.82, 2.24) is 9.97 Å². The van der Waals surface area contributed by atoms with Gasteiger partial charge in [-0.25, -0.2) is 14.4 Å². The lowest BCUT2D eigenvalue weighted by Gasteiger charge is -2.11. The molecule has 0 aliphatic rings. The van der Waals surface area contributed by atoms with Crippen LogP contribution in [0.3, 0.4) is 0 Å². The van der Waals surface area contributed by atoms with Crippen LogP contribution in [-0.4, -0.2) is 21.9 Å². The lowest BCUT2D eigenvalue weighted by Crippen LogP contribution is -2.10. The molecule has 0 bridgehead atoms. The molecule has 0 radical (unpaired) electrons. The monoisotopic (exact) mass is 396 g/mol. The number of aryl methyl sites for hydroxylation is 1. The molecule has 9 heteroatoms. The molecule has 0 atom stereocenters. The van der Waals surface area contributed by atoms with Crippen LogP contribution in [0.4, 0.5) is 17.6 Å². The Labute approximate surface area is 136 Å². The first kappa shape index (κ1) is 17.0. The zero-order chi connectivity index (χ0) is 16.3. The highest BCUT2D eigenvalue weighted by Gasteiger charge is 2.27. The van der Waals surface area contributed by atoms with E-state index in [1.165, 1.54) is 25.4 Å². The van der Waals surface area contributed by atoms with Gasteiger partial charge in [-0.2, -0.15) is 13.2 Å². The zero-order valence-corrected chi connectivity index (χ0v) is 13.5. The van der Waals surface area contributed by atoms with Crippen molar-refractivity contribution in [2.75, 3.05) is 5.75 Å². The number of thioether (sulfide) groups is 1. The first-order valence-corrected chi connectivity index (χ1v) is 7.67. The molecule has 2 aromatic rings. The fourth-order valence-electron chi connectivity index (χ4n) is 1.48. The summed E-state index contributed by atoms with van der Waals surface area (Å²) in [5, 5.41) is 0. The zero-order valence-electron chi connectivity index (χ0n) is 11.1. The van der Waals surface area contributed by atoms with Crippen molar-refractivity contribution in [1.29, 1.82) is 0 Å². The number of nitrogens with zero attached hydrogens (tertiary/aromatic N) is 2. The van der Waals surface area contributed by atoms with Crippen LogP contribution >= 0.6 is 27.7 Å². The van der Waals surface area contributed by atoms with Crippen molar-refractivity contribution in [3.05, 3.63) is 40.4 Å². The summed E-state index contributed by atoms with van der Waals surface area (Å²) < 4.78 is 56.5. The summed E-state index contributed by atoms with van der Waals surface area (Å²) in [6, 6.07) is 2.23. The van der Waals surface area contributed by atoms with Crippen LogP contribution in [0.25, 0.3) is 0 Å². The summed E-state index contributed by atoms with van der Waals surface area (Å²) in [7, 11) is 0. The molecule has 1 aromatic heterocycles. The van der Waals surface area contributed by atoms with Gasteiger partial charge >= 0.3 is 12.2 Å². The van der Waals surface area contributed by atoms with Gasteiger partial charge in [0.25, 0.3) is 0 Å². The van der Waals surface area contributed by atoms with Gasteiger partial charge in [-0.3, -0.25) is 0 Å². The number of aromatic nitrogens is 2. The van der Waals surface area contributed by atoms with Gasteiger partial charge in [0, 0.05) is 17.3 Å². The van der Waals surface area contributed by atoms with Crippen LogP contribution in [0.5, 0.6) is 11.8 Å². The minimum Gasteiger partial charge on any atom is -0.421 e. The first-order valence-electron chi connectivity index (χ1n) is 5.90. The van der Waals surface area contributed by atoms with Crippen LogP contribution in [-0.2, 0) is 0 Å². The second-order valence-corrected chi connectivity index (χ2v) is 6.17. The number of halogens is 5. The average Bonchev–Trinajstić information content (AvgIpc) is 2.42. The van der Waals surface area contributed by atoms with Gasteiger partial charge in [0.05, 0.1) is 10.2 Å². The SMILES string of the molecule is Cc1cc(F)c(Oc2ncc(Br)cn2)cc1SCC(F)(F)F. The third kappa shape index (κ3) is 4.84. The normalized spacial score (nSPS) is 11.5. The minimum atomic E-state index is -4.30. The van der Waals surface area contributed by atoms with Crippen molar-refractivity contribution in [3.8, 4) is 11.8 Å². The third-order valence-electron chi connectivity index (χ3n) is 2.42. The molecular formula is C13H9BrF4N2OS. The smallest absolute Gasteiger partial charge is 0.398 e. The largest absolute Gasteiger partial charge is 0.421 e. The van der Waals surface area contributed by atoms with Gasteiger partial charge in [-0.1, -0.05) is 0 Å². The standard InChI is InChI=1S/C13H9BrF4N2OS/c1-7-2-9(15)10(3-11(7)22-6-13(16,17)18)21-12-19-4-8(14)5-20-12/h2-5H,6H2,1H3. The molecule has 0 N–H and O–H groups in total. The number of alkyl halides is 3. The highest BCUT2D eigenvalue weighted by Crippen LogP contribution is 2.34. The number of hydrogen-bond acceptors (Lipinski definition) is 4. The second kappa shape index (κ2) is 6.82. The van der Waals surface area contributed by atoms with Gasteiger partial charge in [-0.15, -0.1) is 11.8 Å². The van der Waals surface area contributed by atoms with E-state index in [9.17, 15) is 17.6 Å². The Morgan fingerprint density at radius 2 is 1.86 bits per heavy atom. The molecule has 1 heterocycles. The van der Waals surface area contributed by atoms with Gasteiger partial charge < -0.3 is 4.74 Å². The molecule has 0 amide bonds. The van der Waals surface area contributed by atoms with Crippen LogP contribution < -0.4 is 4.74 Å². The van der Waals surface area contributed by atoms with E-state index < -0.39 is 17.7 Å². The lowest BCUT2D eigenvalue weighted by molar-refractivity contribution is -0.105. The Morgan fingerprint density at radius 1 is 1.23 bits per heavy atom. The number of ether oxygens (including phenoxy) is 1. The van der Waals surface area contributed by atoms with Crippen molar-refractivity contribution >= 4 is 27.7 Å². The molecule has 0 saturated carbocycles. The summed E-state index contributed by atoms with van der Waals surface area (Å²) in [5.41, 5.74) is 0.399. The molecular weight excluding hydrogens is 388 g/mol. The Balaban J connectivity index is 2.22. The third-order valence-corrected chi connectivity index (χ3v) is 4.05. The molecule has 22 heavy (non-hydrogen) atoms. The summed E-state index contributed by atoms with van der Waals surface area (Å²) in [6.45, 7) is 1.53. The molecule has 0 fully saturated rings. The molecule has 2 rings (SSSR count). The van der Waals surface area contributed by atoms with Gasteiger partial charge in [-0.05, 0) is 40.5 Å². The topological polar surface area (TPSA) is 35.0 Å². The van der Waals surface area contributed by atoms with Gasteiger partial charge in [0.2, 0.25) is 0 Å². The van der Waals surface area contributed by atoms with E-state index in [2.05, 4.69) is 25.9 Å². The van der Waals surface area contributed by atoms with E-state index >= 15 is 0 Å². The summed E-state index contributed by atoms with van der Waals surface area (Å²) >= 11 is 3.71. The summed E-state index contributed by atoms with van der Waals surface area (Å²) in [5.74, 6) is -1.98. The number of hydrogen-bond donors (Lipinski definition) is 0. The number of rotatable bonds is 4. The predicted octanol–water partition coefficient (Wildman–Crippen LogP) is 5.13. The van der Waals surface area contributed by atoms with Crippen LogP contribution in [0.2, 0.25) is 0 Å². The van der Waals surface area contributed by atoms with Crippen LogP contribution in [0.1, 0.15) is 5.56 Å². The van der Waals surface area contributed by atoms with E-state index in [4.69, 9.17) is 4.74 Å². The highest BCUT2D eigenvalue weighted by atomic mass is 79.9. The fraction of sp³-hybridized carbons (Fsp3) is 0.231. The molecule has 3 nitrogen and oxygen atoms in total. The predicted molar refractivity (Wildman–Crippen MR) is 77.7 cm³/mol. The van der Waals surface area contributed by atoms with E-state index in [1.807, 2.05) is 0 Å². The van der Waals surface area contributed by atoms with E-state index in [1.54, 1.807) is 0 Å². The Morgan fingerprint density at radius 3 is 2.45 bits per heavy atom. The quantitative estimate of drug-likeness (QED) is 0.529. The van der Waals surface area contributed by atoms with Crippen molar-refractivity contribution in [3.63, 3.8) is 0 Å². The van der Waals surface area contributed by atoms with Crippen molar-refractivity contribution in [2.24, 2.45) is 0 Å². The maximum atomic E-state index is 13.8. The maximum absolute atomic E-state index is 13.8. The molecule has 0 saturated heterocycles. The Kier molecular flexibility index (Phi) is 5.28. The van der Waals surface area contributed by atoms with Crippen LogP contribution in [0.15, 0.2) is 33.9 Å². The van der Waals surface area contributed by atoms with Crippen molar-refractivity contribution < 1.29 is 22.3 Å². The van der Waals surface area contributed by atoms with E-state index in [0.29, 0.717) is 21.8 Å². The summed E-state index contributed by atoms with van der Waals surface area (Å²) in [4.78, 5) is 7.92. The van der Waals surface area contributed by atoms with Gasteiger partial charge in [0.15, 0.2) is 11.6 Å². The first-order chi connectivity index (χ1) is 10.2. The maximum Gasteiger partial charge on any atom is 0.398 e. The molecule has 118 valence electrons. The molecule has 0 spiro atoms. The molecule has 0 aliphatic heterocycles. The van der Waals surface area contributed by atoms with Crippen molar-refractivity contribution in [2.45, 2.75) is 18.0 Å². The summed E-state index contributed by atoms with van der Waals surface area (Å²) in [6.07, 6.45) is -1.48. The van der Waals surface area contributed by atoms with Crippen LogP contribution in [0, 0.1) is 12.7 Å². The molecule has 1 aromatic carbocycles. The second-order valence-electron chi connectivity index (χ2n) is 4.24. The molecule has 0 unspecified atom stereocenters. The van der Waals surface area contributed by atoms with E-state index in [0.717, 1.165) is 6.07 Å². The minimum absolute atomic E-state index is 0.0993. The average molecular weight is 397 g/mol. The number of benzene rings is 1.